The topological polar surface area (TPSA) is 48.9 Å². The maximum atomic E-state index is 13.5. The second kappa shape index (κ2) is 11.7. The van der Waals surface area contributed by atoms with Gasteiger partial charge >= 0.3 is 0 Å². The lowest BCUT2D eigenvalue weighted by Crippen LogP contribution is -2.42. The van der Waals surface area contributed by atoms with Gasteiger partial charge in [0.1, 0.15) is 5.82 Å². The van der Waals surface area contributed by atoms with E-state index in [4.69, 9.17) is 4.74 Å². The number of aliphatic imine (C=N–C) groups is 1. The smallest absolute Gasteiger partial charge is 0.191 e. The van der Waals surface area contributed by atoms with E-state index >= 15 is 0 Å². The Bertz CT molecular complexity index is 566. The molecule has 0 atom stereocenters. The van der Waals surface area contributed by atoms with E-state index in [0.717, 1.165) is 63.6 Å². The van der Waals surface area contributed by atoms with Crippen LogP contribution in [0.25, 0.3) is 0 Å². The highest BCUT2D eigenvalue weighted by molar-refractivity contribution is 14.0. The van der Waals surface area contributed by atoms with Gasteiger partial charge in [0.25, 0.3) is 0 Å². The molecule has 26 heavy (non-hydrogen) atoms. The Morgan fingerprint density at radius 1 is 1.31 bits per heavy atom. The standard InChI is InChI=1S/C19H31FN4O.HI/c1-21-18(22-10-5-11-24(2)12-13-25-3)23-15-19(8-9-19)16-6-4-7-17(20)14-16;/h4,6-7,14H,5,8-13,15H2,1-3H3,(H2,21,22,23);1H. The molecule has 2 N–H and O–H groups in total. The van der Waals surface area contributed by atoms with Crippen molar-refractivity contribution in [2.24, 2.45) is 4.99 Å². The molecule has 1 aliphatic carbocycles. The summed E-state index contributed by atoms with van der Waals surface area (Å²) in [5, 5.41) is 6.75. The molecule has 148 valence electrons. The number of nitrogens with zero attached hydrogens (tertiary/aromatic N) is 2. The van der Waals surface area contributed by atoms with Gasteiger partial charge < -0.3 is 20.3 Å². The number of benzene rings is 1. The summed E-state index contributed by atoms with van der Waals surface area (Å²) in [6, 6.07) is 6.96. The molecule has 1 aliphatic rings. The SMILES string of the molecule is CN=C(NCCCN(C)CCOC)NCC1(c2cccc(F)c2)CC1.I. The molecule has 1 fully saturated rings. The zero-order chi connectivity index (χ0) is 18.1. The number of ether oxygens (including phenoxy) is 1. The number of hydrogen-bond donors (Lipinski definition) is 2. The van der Waals surface area contributed by atoms with Crippen LogP contribution in [0.1, 0.15) is 24.8 Å². The van der Waals surface area contributed by atoms with Crippen molar-refractivity contribution in [2.45, 2.75) is 24.7 Å². The van der Waals surface area contributed by atoms with Crippen LogP contribution >= 0.6 is 24.0 Å². The second-order valence-corrected chi connectivity index (χ2v) is 6.79. The number of likely N-dealkylation sites (N-methyl/N-ethyl adjacent to an activating group) is 1. The fourth-order valence-electron chi connectivity index (χ4n) is 2.92. The lowest BCUT2D eigenvalue weighted by molar-refractivity contribution is 0.161. The van der Waals surface area contributed by atoms with Crippen LogP contribution in [0, 0.1) is 5.82 Å². The molecule has 1 aromatic carbocycles. The predicted molar refractivity (Wildman–Crippen MR) is 116 cm³/mol. The molecule has 2 rings (SSSR count). The van der Waals surface area contributed by atoms with Gasteiger partial charge in [0, 0.05) is 39.2 Å². The molecule has 0 saturated heterocycles. The highest BCUT2D eigenvalue weighted by atomic mass is 127. The number of halogens is 2. The first-order valence-electron chi connectivity index (χ1n) is 8.98. The van der Waals surface area contributed by atoms with Crippen LogP contribution in [-0.2, 0) is 10.2 Å². The van der Waals surface area contributed by atoms with E-state index in [1.54, 1.807) is 26.3 Å². The number of rotatable bonds is 10. The van der Waals surface area contributed by atoms with E-state index < -0.39 is 0 Å². The molecule has 0 heterocycles. The van der Waals surface area contributed by atoms with E-state index in [1.807, 2.05) is 6.07 Å². The van der Waals surface area contributed by atoms with Crippen LogP contribution in [0.2, 0.25) is 0 Å². The Kier molecular flexibility index (Phi) is 10.4. The highest BCUT2D eigenvalue weighted by Gasteiger charge is 2.44. The van der Waals surface area contributed by atoms with E-state index in [2.05, 4.69) is 27.6 Å². The van der Waals surface area contributed by atoms with Crippen LogP contribution in [0.3, 0.4) is 0 Å². The van der Waals surface area contributed by atoms with Crippen molar-refractivity contribution in [2.75, 3.05) is 54.0 Å². The molecule has 0 aromatic heterocycles. The van der Waals surface area contributed by atoms with Crippen LogP contribution in [0.15, 0.2) is 29.3 Å². The van der Waals surface area contributed by atoms with Crippen molar-refractivity contribution in [3.8, 4) is 0 Å². The van der Waals surface area contributed by atoms with Crippen molar-refractivity contribution >= 4 is 29.9 Å². The molecule has 7 heteroatoms. The van der Waals surface area contributed by atoms with Gasteiger partial charge in [0.2, 0.25) is 0 Å². The van der Waals surface area contributed by atoms with Crippen LogP contribution in [0.4, 0.5) is 4.39 Å². The third-order valence-electron chi connectivity index (χ3n) is 4.79. The fraction of sp³-hybridized carbons (Fsp3) is 0.632. The summed E-state index contributed by atoms with van der Waals surface area (Å²) in [7, 11) is 5.60. The lowest BCUT2D eigenvalue weighted by atomic mass is 9.96. The second-order valence-electron chi connectivity index (χ2n) is 6.79. The lowest BCUT2D eigenvalue weighted by Gasteiger charge is -2.20. The van der Waals surface area contributed by atoms with Gasteiger partial charge in [-0.05, 0) is 50.6 Å². The Balaban J connectivity index is 0.00000338. The molecule has 0 bridgehead atoms. The van der Waals surface area contributed by atoms with Crippen LogP contribution in [0.5, 0.6) is 0 Å². The van der Waals surface area contributed by atoms with Gasteiger partial charge in [0.15, 0.2) is 5.96 Å². The summed E-state index contributed by atoms with van der Waals surface area (Å²) in [5.41, 5.74) is 1.13. The maximum Gasteiger partial charge on any atom is 0.191 e. The number of guanidine groups is 1. The van der Waals surface area contributed by atoms with Crippen LogP contribution in [-0.4, -0.2) is 64.9 Å². The zero-order valence-electron chi connectivity index (χ0n) is 16.1. The van der Waals surface area contributed by atoms with E-state index in [-0.39, 0.29) is 35.2 Å². The average molecular weight is 478 g/mol. The monoisotopic (exact) mass is 478 g/mol. The Morgan fingerprint density at radius 3 is 2.69 bits per heavy atom. The summed E-state index contributed by atoms with van der Waals surface area (Å²) < 4.78 is 18.5. The Labute approximate surface area is 173 Å². The summed E-state index contributed by atoms with van der Waals surface area (Å²) in [6.07, 6.45) is 3.21. The van der Waals surface area contributed by atoms with Gasteiger partial charge in [-0.15, -0.1) is 24.0 Å². The molecular weight excluding hydrogens is 446 g/mol. The van der Waals surface area contributed by atoms with Crippen molar-refractivity contribution in [1.29, 1.82) is 0 Å². The van der Waals surface area contributed by atoms with Gasteiger partial charge in [0.05, 0.1) is 6.61 Å². The third kappa shape index (κ3) is 7.36. The molecule has 1 saturated carbocycles. The highest BCUT2D eigenvalue weighted by Crippen LogP contribution is 2.47. The van der Waals surface area contributed by atoms with Crippen molar-refractivity contribution in [3.63, 3.8) is 0 Å². The molecule has 5 nitrogen and oxygen atoms in total. The number of nitrogens with one attached hydrogen (secondary N) is 2. The summed E-state index contributed by atoms with van der Waals surface area (Å²) in [4.78, 5) is 6.54. The minimum Gasteiger partial charge on any atom is -0.383 e. The molecule has 0 radical (unpaired) electrons. The summed E-state index contributed by atoms with van der Waals surface area (Å²) in [5.74, 6) is 0.645. The summed E-state index contributed by atoms with van der Waals surface area (Å²) >= 11 is 0. The van der Waals surface area contributed by atoms with Crippen molar-refractivity contribution in [3.05, 3.63) is 35.6 Å². The Morgan fingerprint density at radius 2 is 2.08 bits per heavy atom. The average Bonchev–Trinajstić information content (AvgIpc) is 3.40. The van der Waals surface area contributed by atoms with E-state index in [0.29, 0.717) is 0 Å². The quantitative estimate of drug-likeness (QED) is 0.235. The molecule has 0 aliphatic heterocycles. The first kappa shape index (κ1) is 23.1. The predicted octanol–water partition coefficient (Wildman–Crippen LogP) is 2.61. The van der Waals surface area contributed by atoms with Gasteiger partial charge in [-0.25, -0.2) is 4.39 Å². The van der Waals surface area contributed by atoms with Gasteiger partial charge in [-0.3, -0.25) is 4.99 Å². The zero-order valence-corrected chi connectivity index (χ0v) is 18.4. The minimum absolute atomic E-state index is 0. The van der Waals surface area contributed by atoms with Crippen LogP contribution < -0.4 is 10.6 Å². The fourth-order valence-corrected chi connectivity index (χ4v) is 2.92. The molecule has 0 amide bonds. The molecule has 0 spiro atoms. The first-order chi connectivity index (χ1) is 12.1. The minimum atomic E-state index is -0.163. The largest absolute Gasteiger partial charge is 0.383 e. The normalized spacial score (nSPS) is 15.5. The van der Waals surface area contributed by atoms with Crippen molar-refractivity contribution < 1.29 is 9.13 Å². The van der Waals surface area contributed by atoms with Gasteiger partial charge in [-0.2, -0.15) is 0 Å². The number of hydrogen-bond acceptors (Lipinski definition) is 3. The van der Waals surface area contributed by atoms with E-state index in [9.17, 15) is 4.39 Å². The van der Waals surface area contributed by atoms with E-state index in [1.165, 1.54) is 6.07 Å². The maximum absolute atomic E-state index is 13.5. The molecule has 0 unspecified atom stereocenters. The summed E-state index contributed by atoms with van der Waals surface area (Å²) in [6.45, 7) is 4.36. The first-order valence-corrected chi connectivity index (χ1v) is 8.98. The number of methoxy groups -OCH3 is 1. The third-order valence-corrected chi connectivity index (χ3v) is 4.79. The van der Waals surface area contributed by atoms with Crippen molar-refractivity contribution in [1.82, 2.24) is 15.5 Å². The Hall–Kier alpha value is -0.930. The molecule has 1 aromatic rings. The van der Waals surface area contributed by atoms with Gasteiger partial charge in [-0.1, -0.05) is 12.1 Å². The molecular formula is C19H32FIN4O.